The highest BCUT2D eigenvalue weighted by Crippen LogP contribution is 2.04. The predicted molar refractivity (Wildman–Crippen MR) is 63.2 cm³/mol. The summed E-state index contributed by atoms with van der Waals surface area (Å²) in [5.41, 5.74) is 2.38. The number of rotatable bonds is 4. The van der Waals surface area contributed by atoms with Crippen LogP contribution < -0.4 is 5.32 Å². The van der Waals surface area contributed by atoms with Crippen LogP contribution >= 0.6 is 0 Å². The minimum absolute atomic E-state index is 0.828. The first kappa shape index (κ1) is 10.5. The number of aromatic nitrogens is 3. The quantitative estimate of drug-likeness (QED) is 0.843. The number of nitrogens with one attached hydrogen (secondary N) is 1. The molecule has 0 radical (unpaired) electrons. The Bertz CT molecular complexity index is 442. The molecule has 4 nitrogen and oxygen atoms in total. The van der Waals surface area contributed by atoms with E-state index in [1.54, 1.807) is 6.20 Å². The van der Waals surface area contributed by atoms with Gasteiger partial charge in [0.05, 0.1) is 6.20 Å². The fraction of sp³-hybridized carbons (Fsp3) is 0.250. The Morgan fingerprint density at radius 1 is 1.25 bits per heavy atom. The van der Waals surface area contributed by atoms with Crippen molar-refractivity contribution in [3.05, 3.63) is 47.9 Å². The standard InChI is InChI=1S/C12H14N4/c1-10-8-12(16-15-9-10)14-7-4-11-2-5-13-6-3-11/h2-3,5-6,8-9H,4,7H2,1H3,(H,14,16). The van der Waals surface area contributed by atoms with Crippen molar-refractivity contribution in [2.24, 2.45) is 0 Å². The molecule has 16 heavy (non-hydrogen) atoms. The van der Waals surface area contributed by atoms with Crippen LogP contribution in [0.3, 0.4) is 0 Å². The zero-order valence-corrected chi connectivity index (χ0v) is 9.22. The molecule has 0 spiro atoms. The van der Waals surface area contributed by atoms with Crippen molar-refractivity contribution in [2.75, 3.05) is 11.9 Å². The van der Waals surface area contributed by atoms with E-state index in [0.29, 0.717) is 0 Å². The molecule has 0 saturated carbocycles. The first-order valence-electron chi connectivity index (χ1n) is 5.27. The lowest BCUT2D eigenvalue weighted by atomic mass is 10.2. The smallest absolute Gasteiger partial charge is 0.148 e. The number of nitrogens with zero attached hydrogens (tertiary/aromatic N) is 3. The third-order valence-corrected chi connectivity index (χ3v) is 2.26. The van der Waals surface area contributed by atoms with E-state index in [9.17, 15) is 0 Å². The van der Waals surface area contributed by atoms with E-state index in [4.69, 9.17) is 0 Å². The highest BCUT2D eigenvalue weighted by atomic mass is 15.2. The summed E-state index contributed by atoms with van der Waals surface area (Å²) in [6.07, 6.45) is 6.32. The molecule has 0 aliphatic carbocycles. The van der Waals surface area contributed by atoms with Gasteiger partial charge in [-0.25, -0.2) is 0 Å². The molecule has 0 aliphatic heterocycles. The van der Waals surface area contributed by atoms with Crippen LogP contribution in [0.4, 0.5) is 5.82 Å². The van der Waals surface area contributed by atoms with Crippen LogP contribution in [0, 0.1) is 6.92 Å². The molecule has 4 heteroatoms. The normalized spacial score (nSPS) is 10.1. The second-order valence-electron chi connectivity index (χ2n) is 3.65. The lowest BCUT2D eigenvalue weighted by molar-refractivity contribution is 0.958. The lowest BCUT2D eigenvalue weighted by Gasteiger charge is -2.04. The van der Waals surface area contributed by atoms with Gasteiger partial charge >= 0.3 is 0 Å². The Labute approximate surface area is 94.8 Å². The van der Waals surface area contributed by atoms with Crippen molar-refractivity contribution in [3.63, 3.8) is 0 Å². The van der Waals surface area contributed by atoms with Gasteiger partial charge in [-0.05, 0) is 42.7 Å². The largest absolute Gasteiger partial charge is 0.368 e. The second kappa shape index (κ2) is 5.21. The third-order valence-electron chi connectivity index (χ3n) is 2.26. The van der Waals surface area contributed by atoms with Gasteiger partial charge in [0.25, 0.3) is 0 Å². The van der Waals surface area contributed by atoms with E-state index in [-0.39, 0.29) is 0 Å². The lowest BCUT2D eigenvalue weighted by Crippen LogP contribution is -2.07. The summed E-state index contributed by atoms with van der Waals surface area (Å²) in [5.74, 6) is 0.828. The van der Waals surface area contributed by atoms with Gasteiger partial charge < -0.3 is 5.32 Å². The minimum atomic E-state index is 0.828. The van der Waals surface area contributed by atoms with Gasteiger partial charge in [0.15, 0.2) is 0 Å². The van der Waals surface area contributed by atoms with Crippen molar-refractivity contribution in [2.45, 2.75) is 13.3 Å². The van der Waals surface area contributed by atoms with Crippen LogP contribution in [0.1, 0.15) is 11.1 Å². The maximum absolute atomic E-state index is 4.00. The number of pyridine rings is 1. The fourth-order valence-corrected chi connectivity index (χ4v) is 1.43. The molecule has 0 atom stereocenters. The van der Waals surface area contributed by atoms with Crippen LogP contribution in [0.5, 0.6) is 0 Å². The van der Waals surface area contributed by atoms with Gasteiger partial charge in [-0.1, -0.05) is 0 Å². The summed E-state index contributed by atoms with van der Waals surface area (Å²) in [6, 6.07) is 6.02. The average molecular weight is 214 g/mol. The van der Waals surface area contributed by atoms with Crippen molar-refractivity contribution in [1.29, 1.82) is 0 Å². The molecule has 82 valence electrons. The van der Waals surface area contributed by atoms with Gasteiger partial charge in [0, 0.05) is 18.9 Å². The summed E-state index contributed by atoms with van der Waals surface area (Å²) < 4.78 is 0. The molecular weight excluding hydrogens is 200 g/mol. The molecule has 2 aromatic heterocycles. The molecule has 0 fully saturated rings. The van der Waals surface area contributed by atoms with Crippen LogP contribution in [0.25, 0.3) is 0 Å². The highest BCUT2D eigenvalue weighted by Gasteiger charge is 1.95. The molecule has 0 unspecified atom stereocenters. The number of hydrogen-bond acceptors (Lipinski definition) is 4. The molecular formula is C12H14N4. The molecule has 0 amide bonds. The van der Waals surface area contributed by atoms with Crippen molar-refractivity contribution >= 4 is 5.82 Å². The Morgan fingerprint density at radius 3 is 2.81 bits per heavy atom. The Hall–Kier alpha value is -1.97. The Kier molecular flexibility index (Phi) is 3.43. The van der Waals surface area contributed by atoms with Crippen molar-refractivity contribution in [3.8, 4) is 0 Å². The van der Waals surface area contributed by atoms with Crippen molar-refractivity contribution < 1.29 is 0 Å². The average Bonchev–Trinajstić information content (AvgIpc) is 2.30. The summed E-state index contributed by atoms with van der Waals surface area (Å²) in [5, 5.41) is 11.1. The van der Waals surface area contributed by atoms with E-state index in [0.717, 1.165) is 24.3 Å². The molecule has 0 aromatic carbocycles. The second-order valence-corrected chi connectivity index (χ2v) is 3.65. The minimum Gasteiger partial charge on any atom is -0.368 e. The van der Waals surface area contributed by atoms with Gasteiger partial charge in [0.1, 0.15) is 5.82 Å². The molecule has 0 aliphatic rings. The maximum Gasteiger partial charge on any atom is 0.148 e. The van der Waals surface area contributed by atoms with Crippen LogP contribution in [0.2, 0.25) is 0 Å². The van der Waals surface area contributed by atoms with Gasteiger partial charge in [-0.3, -0.25) is 4.98 Å². The van der Waals surface area contributed by atoms with E-state index < -0.39 is 0 Å². The number of anilines is 1. The number of hydrogen-bond donors (Lipinski definition) is 1. The topological polar surface area (TPSA) is 50.7 Å². The van der Waals surface area contributed by atoms with Crippen molar-refractivity contribution in [1.82, 2.24) is 15.2 Å². The highest BCUT2D eigenvalue weighted by molar-refractivity contribution is 5.35. The Morgan fingerprint density at radius 2 is 2.06 bits per heavy atom. The van der Waals surface area contributed by atoms with Crippen LogP contribution in [0.15, 0.2) is 36.8 Å². The summed E-state index contributed by atoms with van der Waals surface area (Å²) in [4.78, 5) is 3.98. The van der Waals surface area contributed by atoms with E-state index in [1.165, 1.54) is 5.56 Å². The fourth-order valence-electron chi connectivity index (χ4n) is 1.43. The zero-order chi connectivity index (χ0) is 11.2. The molecule has 0 bridgehead atoms. The van der Waals surface area contributed by atoms with Gasteiger partial charge in [-0.2, -0.15) is 5.10 Å². The predicted octanol–water partition coefficient (Wildman–Crippen LogP) is 1.83. The summed E-state index contributed by atoms with van der Waals surface area (Å²) in [7, 11) is 0. The zero-order valence-electron chi connectivity index (χ0n) is 9.22. The van der Waals surface area contributed by atoms with Gasteiger partial charge in [0.2, 0.25) is 0 Å². The van der Waals surface area contributed by atoms with Gasteiger partial charge in [-0.15, -0.1) is 5.10 Å². The number of aryl methyl sites for hydroxylation is 1. The van der Waals surface area contributed by atoms with E-state index >= 15 is 0 Å². The monoisotopic (exact) mass is 214 g/mol. The summed E-state index contributed by atoms with van der Waals surface area (Å²) >= 11 is 0. The maximum atomic E-state index is 4.00. The molecule has 2 rings (SSSR count). The summed E-state index contributed by atoms with van der Waals surface area (Å²) in [6.45, 7) is 2.85. The molecule has 2 heterocycles. The van der Waals surface area contributed by atoms with E-state index in [1.807, 2.05) is 37.5 Å². The van der Waals surface area contributed by atoms with E-state index in [2.05, 4.69) is 20.5 Å². The first-order valence-corrected chi connectivity index (χ1v) is 5.27. The van der Waals surface area contributed by atoms with Crippen LogP contribution in [-0.4, -0.2) is 21.7 Å². The van der Waals surface area contributed by atoms with Crippen LogP contribution in [-0.2, 0) is 6.42 Å². The molecule has 2 aromatic rings. The Balaban J connectivity index is 1.85. The molecule has 1 N–H and O–H groups in total. The first-order chi connectivity index (χ1) is 7.84. The third kappa shape index (κ3) is 3.02. The molecule has 0 saturated heterocycles. The SMILES string of the molecule is Cc1cnnc(NCCc2ccncc2)c1.